The van der Waals surface area contributed by atoms with Gasteiger partial charge in [-0.1, -0.05) is 13.8 Å². The molecule has 2 aromatic rings. The van der Waals surface area contributed by atoms with Crippen LogP contribution in [0.1, 0.15) is 55.5 Å². The van der Waals surface area contributed by atoms with Crippen molar-refractivity contribution in [2.75, 3.05) is 13.2 Å². The highest BCUT2D eigenvalue weighted by molar-refractivity contribution is 6.11. The van der Waals surface area contributed by atoms with Crippen LogP contribution in [0.2, 0.25) is 0 Å². The average Bonchev–Trinajstić information content (AvgIpc) is 2.96. The van der Waals surface area contributed by atoms with Crippen molar-refractivity contribution in [1.29, 1.82) is 0 Å². The van der Waals surface area contributed by atoms with Gasteiger partial charge in [-0.2, -0.15) is 0 Å². The molecule has 0 atom stereocenters. The number of aromatic hydroxyl groups is 1. The summed E-state index contributed by atoms with van der Waals surface area (Å²) in [4.78, 5) is 27.5. The number of ether oxygens (including phenoxy) is 1. The number of phenolic OH excluding ortho intramolecular Hbond substituents is 1. The zero-order chi connectivity index (χ0) is 18.8. The Hall–Kier alpha value is -2.05. The van der Waals surface area contributed by atoms with E-state index >= 15 is 0 Å². The first-order chi connectivity index (χ1) is 11.6. The molecule has 0 saturated carbocycles. The van der Waals surface area contributed by atoms with E-state index in [0.717, 1.165) is 0 Å². The quantitative estimate of drug-likeness (QED) is 0.523. The SMILES string of the molecule is CC(C)COC(=O)c1cc2c(C(=O)CNC(C)(C)C)ccc(O)c2[nH]1.Cl. The van der Waals surface area contributed by atoms with E-state index in [9.17, 15) is 14.7 Å². The largest absolute Gasteiger partial charge is 0.506 e. The first-order valence-electron chi connectivity index (χ1n) is 8.38. The predicted octanol–water partition coefficient (Wildman–Crippen LogP) is 3.68. The van der Waals surface area contributed by atoms with Crippen LogP contribution in [-0.2, 0) is 4.74 Å². The van der Waals surface area contributed by atoms with Crippen LogP contribution >= 0.6 is 12.4 Å². The van der Waals surface area contributed by atoms with E-state index in [0.29, 0.717) is 23.1 Å². The molecule has 26 heavy (non-hydrogen) atoms. The van der Waals surface area contributed by atoms with E-state index in [1.54, 1.807) is 12.1 Å². The normalized spacial score (nSPS) is 11.5. The van der Waals surface area contributed by atoms with Gasteiger partial charge in [0.05, 0.1) is 18.7 Å². The Bertz CT molecular complexity index is 791. The van der Waals surface area contributed by atoms with E-state index in [1.807, 2.05) is 34.6 Å². The number of esters is 1. The van der Waals surface area contributed by atoms with Crippen molar-refractivity contribution in [3.63, 3.8) is 0 Å². The Morgan fingerprint density at radius 1 is 1.27 bits per heavy atom. The summed E-state index contributed by atoms with van der Waals surface area (Å²) in [5.41, 5.74) is 0.840. The molecule has 0 radical (unpaired) electrons. The molecule has 0 fully saturated rings. The van der Waals surface area contributed by atoms with Crippen LogP contribution in [0.5, 0.6) is 5.75 Å². The highest BCUT2D eigenvalue weighted by atomic mass is 35.5. The number of rotatable bonds is 6. The molecular weight excluding hydrogens is 356 g/mol. The second-order valence-electron chi connectivity index (χ2n) is 7.62. The van der Waals surface area contributed by atoms with E-state index < -0.39 is 5.97 Å². The van der Waals surface area contributed by atoms with Crippen molar-refractivity contribution in [2.45, 2.75) is 40.2 Å². The molecule has 3 N–H and O–H groups in total. The monoisotopic (exact) mass is 382 g/mol. The van der Waals surface area contributed by atoms with Crippen molar-refractivity contribution in [3.05, 3.63) is 29.5 Å². The third kappa shape index (κ3) is 5.47. The minimum absolute atomic E-state index is 0. The van der Waals surface area contributed by atoms with Crippen LogP contribution in [0.4, 0.5) is 0 Å². The van der Waals surface area contributed by atoms with Crippen LogP contribution < -0.4 is 5.32 Å². The highest BCUT2D eigenvalue weighted by Crippen LogP contribution is 2.28. The summed E-state index contributed by atoms with van der Waals surface area (Å²) in [6, 6.07) is 4.58. The number of nitrogens with one attached hydrogen (secondary N) is 2. The summed E-state index contributed by atoms with van der Waals surface area (Å²) >= 11 is 0. The topological polar surface area (TPSA) is 91.4 Å². The van der Waals surface area contributed by atoms with Crippen LogP contribution in [-0.4, -0.2) is 40.5 Å². The lowest BCUT2D eigenvalue weighted by Gasteiger charge is -2.20. The average molecular weight is 383 g/mol. The Kier molecular flexibility index (Phi) is 7.24. The van der Waals surface area contributed by atoms with Gasteiger partial charge in [-0.3, -0.25) is 4.79 Å². The first-order valence-corrected chi connectivity index (χ1v) is 8.38. The fourth-order valence-corrected chi connectivity index (χ4v) is 2.32. The van der Waals surface area contributed by atoms with Crippen molar-refractivity contribution >= 4 is 35.1 Å². The molecule has 0 aliphatic rings. The fourth-order valence-electron chi connectivity index (χ4n) is 2.32. The molecule has 0 bridgehead atoms. The Labute approximate surface area is 159 Å². The smallest absolute Gasteiger partial charge is 0.354 e. The Morgan fingerprint density at radius 3 is 2.50 bits per heavy atom. The molecule has 1 aromatic heterocycles. The molecule has 1 heterocycles. The minimum atomic E-state index is -0.504. The third-order valence-electron chi connectivity index (χ3n) is 3.62. The van der Waals surface area contributed by atoms with Crippen molar-refractivity contribution in [3.8, 4) is 5.75 Å². The lowest BCUT2D eigenvalue weighted by molar-refractivity contribution is 0.0453. The van der Waals surface area contributed by atoms with Crippen molar-refractivity contribution in [2.24, 2.45) is 5.92 Å². The van der Waals surface area contributed by atoms with Crippen molar-refractivity contribution < 1.29 is 19.4 Å². The Morgan fingerprint density at radius 2 is 1.92 bits per heavy atom. The third-order valence-corrected chi connectivity index (χ3v) is 3.62. The van der Waals surface area contributed by atoms with Gasteiger partial charge >= 0.3 is 5.97 Å². The number of ketones is 1. The number of H-pyrrole nitrogens is 1. The van der Waals surface area contributed by atoms with Gasteiger partial charge in [0.2, 0.25) is 0 Å². The summed E-state index contributed by atoms with van der Waals surface area (Å²) in [6.45, 7) is 10.3. The maximum absolute atomic E-state index is 12.5. The number of aromatic nitrogens is 1. The molecule has 0 amide bonds. The maximum atomic E-state index is 12.5. The Balaban J connectivity index is 0.00000338. The van der Waals surface area contributed by atoms with Gasteiger partial charge < -0.3 is 20.1 Å². The molecule has 0 saturated heterocycles. The molecule has 0 aliphatic carbocycles. The van der Waals surface area contributed by atoms with Crippen LogP contribution in [0.3, 0.4) is 0 Å². The zero-order valence-electron chi connectivity index (χ0n) is 15.8. The predicted molar refractivity (Wildman–Crippen MR) is 104 cm³/mol. The molecule has 144 valence electrons. The zero-order valence-corrected chi connectivity index (χ0v) is 16.6. The minimum Gasteiger partial charge on any atom is -0.506 e. The number of carbonyl (C=O) groups excluding carboxylic acids is 2. The number of hydrogen-bond acceptors (Lipinski definition) is 5. The number of aromatic amines is 1. The summed E-state index contributed by atoms with van der Waals surface area (Å²) in [7, 11) is 0. The van der Waals surface area contributed by atoms with Crippen LogP contribution in [0.25, 0.3) is 10.9 Å². The summed E-state index contributed by atoms with van der Waals surface area (Å²) in [6.07, 6.45) is 0. The van der Waals surface area contributed by atoms with Gasteiger partial charge in [0, 0.05) is 16.5 Å². The van der Waals surface area contributed by atoms with Gasteiger partial charge in [0.25, 0.3) is 0 Å². The highest BCUT2D eigenvalue weighted by Gasteiger charge is 2.20. The van der Waals surface area contributed by atoms with E-state index in [4.69, 9.17) is 4.74 Å². The van der Waals surface area contributed by atoms with Crippen molar-refractivity contribution in [1.82, 2.24) is 10.3 Å². The van der Waals surface area contributed by atoms with E-state index in [2.05, 4.69) is 10.3 Å². The fraction of sp³-hybridized carbons (Fsp3) is 0.474. The van der Waals surface area contributed by atoms with Gasteiger partial charge in [-0.15, -0.1) is 12.4 Å². The van der Waals surface area contributed by atoms with Gasteiger partial charge in [-0.25, -0.2) is 4.79 Å². The second-order valence-corrected chi connectivity index (χ2v) is 7.62. The lowest BCUT2D eigenvalue weighted by Crippen LogP contribution is -2.39. The lowest BCUT2D eigenvalue weighted by atomic mass is 10.0. The summed E-state index contributed by atoms with van der Waals surface area (Å²) < 4.78 is 5.20. The first kappa shape index (κ1) is 22.0. The standard InChI is InChI=1S/C19H26N2O4.ClH/c1-11(2)10-25-18(24)14-8-13-12(6-7-15(22)17(13)21-14)16(23)9-20-19(3,4)5;/h6-8,11,20-22H,9-10H2,1-5H3;1H. The number of benzene rings is 1. The van der Waals surface area contributed by atoms with Gasteiger partial charge in [0.1, 0.15) is 11.4 Å². The van der Waals surface area contributed by atoms with Crippen LogP contribution in [0.15, 0.2) is 18.2 Å². The molecule has 0 aliphatic heterocycles. The number of carbonyl (C=O) groups is 2. The summed E-state index contributed by atoms with van der Waals surface area (Å²) in [5.74, 6) is -0.405. The number of fused-ring (bicyclic) bond motifs is 1. The number of phenols is 1. The molecule has 2 rings (SSSR count). The number of halogens is 1. The molecule has 1 aromatic carbocycles. The molecule has 7 heteroatoms. The van der Waals surface area contributed by atoms with E-state index in [-0.39, 0.29) is 47.6 Å². The number of hydrogen-bond donors (Lipinski definition) is 3. The molecular formula is C19H27ClN2O4. The van der Waals surface area contributed by atoms with E-state index in [1.165, 1.54) is 6.07 Å². The summed E-state index contributed by atoms with van der Waals surface area (Å²) in [5, 5.41) is 13.7. The molecule has 0 unspecified atom stereocenters. The second kappa shape index (κ2) is 8.56. The van der Waals surface area contributed by atoms with Gasteiger partial charge in [-0.05, 0) is 44.9 Å². The maximum Gasteiger partial charge on any atom is 0.354 e. The molecule has 6 nitrogen and oxygen atoms in total. The van der Waals surface area contributed by atoms with Crippen LogP contribution in [0, 0.1) is 5.92 Å². The number of Topliss-reactive ketones (excluding diaryl/α,β-unsaturated/α-hetero) is 1. The molecule has 0 spiro atoms. The van der Waals surface area contributed by atoms with Gasteiger partial charge in [0.15, 0.2) is 5.78 Å².